The number of pyridine rings is 2. The zero-order valence-corrected chi connectivity index (χ0v) is 18.2. The van der Waals surface area contributed by atoms with E-state index >= 15 is 0 Å². The van der Waals surface area contributed by atoms with Crippen molar-refractivity contribution in [2.24, 2.45) is 4.99 Å². The molecule has 7 heteroatoms. The number of benzene rings is 2. The van der Waals surface area contributed by atoms with Crippen molar-refractivity contribution in [1.82, 2.24) is 9.97 Å². The maximum atomic E-state index is 11.8. The van der Waals surface area contributed by atoms with E-state index in [9.17, 15) is 8.42 Å². The molecule has 2 aromatic carbocycles. The van der Waals surface area contributed by atoms with Crippen molar-refractivity contribution in [3.8, 4) is 0 Å². The third kappa shape index (κ3) is 4.24. The zero-order valence-electron chi connectivity index (χ0n) is 17.4. The Morgan fingerprint density at radius 3 is 2.06 bits per heavy atom. The van der Waals surface area contributed by atoms with Crippen LogP contribution in [0.3, 0.4) is 0 Å². The summed E-state index contributed by atoms with van der Waals surface area (Å²) in [5.74, 6) is 1.07. The largest absolute Gasteiger partial charge is 0.355 e. The van der Waals surface area contributed by atoms with Gasteiger partial charge < -0.3 is 4.90 Å². The summed E-state index contributed by atoms with van der Waals surface area (Å²) in [6, 6.07) is 24.0. The molecule has 0 radical (unpaired) electrons. The molecule has 160 valence electrons. The molecule has 0 aliphatic carbocycles. The minimum Gasteiger partial charge on any atom is -0.355 e. The summed E-state index contributed by atoms with van der Waals surface area (Å²) in [5, 5.41) is 0.889. The molecule has 5 rings (SSSR count). The molecule has 0 spiro atoms. The van der Waals surface area contributed by atoms with E-state index in [4.69, 9.17) is 9.98 Å². The van der Waals surface area contributed by atoms with Gasteiger partial charge in [0.1, 0.15) is 17.0 Å². The van der Waals surface area contributed by atoms with Crippen molar-refractivity contribution >= 4 is 38.0 Å². The van der Waals surface area contributed by atoms with E-state index in [1.54, 1.807) is 12.4 Å². The fourth-order valence-electron chi connectivity index (χ4n) is 3.83. The van der Waals surface area contributed by atoms with Gasteiger partial charge in [0.2, 0.25) is 0 Å². The van der Waals surface area contributed by atoms with Crippen molar-refractivity contribution in [1.29, 1.82) is 0 Å². The lowest BCUT2D eigenvalue weighted by molar-refractivity contribution is 0.586. The minimum absolute atomic E-state index is 0.153. The Labute approximate surface area is 187 Å². The first kappa shape index (κ1) is 20.3. The molecule has 1 fully saturated rings. The Morgan fingerprint density at radius 1 is 0.812 bits per heavy atom. The van der Waals surface area contributed by atoms with Gasteiger partial charge in [0.05, 0.1) is 23.4 Å². The van der Waals surface area contributed by atoms with Crippen LogP contribution in [0, 0.1) is 0 Å². The van der Waals surface area contributed by atoms with Crippen molar-refractivity contribution in [2.75, 3.05) is 29.5 Å². The van der Waals surface area contributed by atoms with E-state index < -0.39 is 9.84 Å². The molecule has 4 aromatic rings. The first-order valence-corrected chi connectivity index (χ1v) is 12.3. The van der Waals surface area contributed by atoms with Gasteiger partial charge in [-0.3, -0.25) is 4.98 Å². The van der Waals surface area contributed by atoms with Crippen LogP contribution in [0.15, 0.2) is 90.2 Å². The van der Waals surface area contributed by atoms with Gasteiger partial charge >= 0.3 is 0 Å². The number of aromatic nitrogens is 2. The predicted octanol–water partition coefficient (Wildman–Crippen LogP) is 4.03. The second kappa shape index (κ2) is 8.51. The van der Waals surface area contributed by atoms with Gasteiger partial charge in [-0.2, -0.15) is 0 Å². The topological polar surface area (TPSA) is 75.5 Å². The molecule has 0 saturated carbocycles. The lowest BCUT2D eigenvalue weighted by Crippen LogP contribution is -2.40. The minimum atomic E-state index is -2.95. The van der Waals surface area contributed by atoms with Crippen LogP contribution in [0.2, 0.25) is 0 Å². The monoisotopic (exact) mass is 442 g/mol. The summed E-state index contributed by atoms with van der Waals surface area (Å²) < 4.78 is 23.6. The molecule has 3 heterocycles. The van der Waals surface area contributed by atoms with Crippen LogP contribution in [-0.4, -0.2) is 48.7 Å². The second-order valence-electron chi connectivity index (χ2n) is 7.73. The smallest absolute Gasteiger partial charge is 0.153 e. The molecule has 2 aromatic heterocycles. The molecule has 0 atom stereocenters. The molecular weight excluding hydrogens is 420 g/mol. The van der Waals surface area contributed by atoms with E-state index in [0.717, 1.165) is 33.6 Å². The molecule has 6 nitrogen and oxygen atoms in total. The molecule has 1 aliphatic heterocycles. The zero-order chi connectivity index (χ0) is 22.0. The molecule has 0 unspecified atom stereocenters. The fraction of sp³-hybridized carbons (Fsp3) is 0.160. The highest BCUT2D eigenvalue weighted by Gasteiger charge is 2.22. The van der Waals surface area contributed by atoms with E-state index in [1.165, 1.54) is 0 Å². The summed E-state index contributed by atoms with van der Waals surface area (Å²) in [7, 11) is -2.95. The lowest BCUT2D eigenvalue weighted by atomic mass is 10.0. The Bertz CT molecular complexity index is 1330. The first-order valence-electron chi connectivity index (χ1n) is 10.5. The van der Waals surface area contributed by atoms with Gasteiger partial charge in [-0.1, -0.05) is 60.7 Å². The summed E-state index contributed by atoms with van der Waals surface area (Å²) >= 11 is 0. The third-order valence-corrected chi connectivity index (χ3v) is 7.17. The van der Waals surface area contributed by atoms with Crippen molar-refractivity contribution in [3.63, 3.8) is 0 Å². The molecule has 0 amide bonds. The highest BCUT2D eigenvalue weighted by molar-refractivity contribution is 7.91. The second-order valence-corrected chi connectivity index (χ2v) is 10.0. The highest BCUT2D eigenvalue weighted by atomic mass is 32.2. The van der Waals surface area contributed by atoms with Gasteiger partial charge in [0, 0.05) is 35.8 Å². The Morgan fingerprint density at radius 2 is 1.44 bits per heavy atom. The molecule has 1 aliphatic rings. The predicted molar refractivity (Wildman–Crippen MR) is 129 cm³/mol. The van der Waals surface area contributed by atoms with Crippen molar-refractivity contribution < 1.29 is 8.42 Å². The van der Waals surface area contributed by atoms with Gasteiger partial charge in [0.15, 0.2) is 9.84 Å². The van der Waals surface area contributed by atoms with Gasteiger partial charge in [-0.25, -0.2) is 18.4 Å². The SMILES string of the molecule is O=S1(=O)CCN(c2ccc3cncc(N=C(c4ccccc4)c4ccccc4)c3n2)CC1. The summed E-state index contributed by atoms with van der Waals surface area (Å²) in [5.41, 5.74) is 4.28. The van der Waals surface area contributed by atoms with Crippen molar-refractivity contribution in [3.05, 3.63) is 96.3 Å². The quantitative estimate of drug-likeness (QED) is 0.446. The van der Waals surface area contributed by atoms with Crippen LogP contribution >= 0.6 is 0 Å². The van der Waals surface area contributed by atoms with E-state index in [2.05, 4.69) is 4.98 Å². The van der Waals surface area contributed by atoms with Crippen LogP contribution in [-0.2, 0) is 9.84 Å². The maximum Gasteiger partial charge on any atom is 0.153 e. The number of hydrogen-bond donors (Lipinski definition) is 0. The highest BCUT2D eigenvalue weighted by Crippen LogP contribution is 2.28. The Balaban J connectivity index is 1.61. The third-order valence-electron chi connectivity index (χ3n) is 5.56. The van der Waals surface area contributed by atoms with Crippen LogP contribution in [0.1, 0.15) is 11.1 Å². The van der Waals surface area contributed by atoms with Crippen molar-refractivity contribution in [2.45, 2.75) is 0 Å². The normalized spacial score (nSPS) is 15.4. The summed E-state index contributed by atoms with van der Waals surface area (Å²) in [4.78, 5) is 16.3. The first-order chi connectivity index (χ1) is 15.6. The van der Waals surface area contributed by atoms with Gasteiger partial charge in [-0.15, -0.1) is 0 Å². The number of hydrogen-bond acceptors (Lipinski definition) is 6. The standard InChI is InChI=1S/C25H22N4O2S/c30-32(31)15-13-29(14-16-32)23-12-11-21-17-26-18-22(25(21)28-23)27-24(19-7-3-1-4-8-19)20-9-5-2-6-10-20/h1-12,17-18H,13-16H2. The average molecular weight is 443 g/mol. The molecule has 1 saturated heterocycles. The Hall–Kier alpha value is -3.58. The number of nitrogens with zero attached hydrogens (tertiary/aromatic N) is 4. The van der Waals surface area contributed by atoms with Crippen LogP contribution in [0.4, 0.5) is 11.5 Å². The number of sulfone groups is 1. The number of rotatable bonds is 4. The van der Waals surface area contributed by atoms with Crippen LogP contribution in [0.25, 0.3) is 10.9 Å². The Kier molecular flexibility index (Phi) is 5.41. The summed E-state index contributed by atoms with van der Waals surface area (Å²) in [6.07, 6.45) is 3.50. The molecule has 0 N–H and O–H groups in total. The summed E-state index contributed by atoms with van der Waals surface area (Å²) in [6.45, 7) is 0.896. The average Bonchev–Trinajstić information content (AvgIpc) is 2.83. The van der Waals surface area contributed by atoms with Gasteiger partial charge in [-0.05, 0) is 12.1 Å². The number of fused-ring (bicyclic) bond motifs is 1. The molecule has 0 bridgehead atoms. The maximum absolute atomic E-state index is 11.8. The van der Waals surface area contributed by atoms with E-state index in [1.807, 2.05) is 77.7 Å². The fourth-order valence-corrected chi connectivity index (χ4v) is 5.03. The number of aliphatic imine (C=N–C) groups is 1. The van der Waals surface area contributed by atoms with E-state index in [0.29, 0.717) is 18.8 Å². The number of anilines is 1. The lowest BCUT2D eigenvalue weighted by Gasteiger charge is -2.27. The molecule has 32 heavy (non-hydrogen) atoms. The molecular formula is C25H22N4O2S. The van der Waals surface area contributed by atoms with Crippen LogP contribution < -0.4 is 4.90 Å². The van der Waals surface area contributed by atoms with Gasteiger partial charge in [0.25, 0.3) is 0 Å². The van der Waals surface area contributed by atoms with Crippen LogP contribution in [0.5, 0.6) is 0 Å². The van der Waals surface area contributed by atoms with E-state index in [-0.39, 0.29) is 11.5 Å².